The van der Waals surface area contributed by atoms with E-state index in [-0.39, 0.29) is 0 Å². The Balaban J connectivity index is 2.93. The average Bonchev–Trinajstić information content (AvgIpc) is 2.41. The summed E-state index contributed by atoms with van der Waals surface area (Å²) in [5.41, 5.74) is 2.16. The molecule has 62 valence electrons. The quantitative estimate of drug-likeness (QED) is 0.699. The highest BCUT2D eigenvalue weighted by Gasteiger charge is 2.06. The van der Waals surface area contributed by atoms with Crippen LogP contribution in [0.2, 0.25) is 5.02 Å². The van der Waals surface area contributed by atoms with Crippen LogP contribution in [-0.4, -0.2) is 4.98 Å². The second-order valence-electron chi connectivity index (χ2n) is 2.51. The third-order valence-electron chi connectivity index (χ3n) is 1.67. The van der Waals surface area contributed by atoms with Crippen molar-refractivity contribution < 1.29 is 0 Å². The van der Waals surface area contributed by atoms with Crippen LogP contribution in [0.4, 0.5) is 0 Å². The Morgan fingerprint density at radius 2 is 2.25 bits per heavy atom. The van der Waals surface area contributed by atoms with Crippen LogP contribution in [-0.2, 0) is 0 Å². The smallest absolute Gasteiger partial charge is 0.160 e. The lowest BCUT2D eigenvalue weighted by atomic mass is 10.2. The summed E-state index contributed by atoms with van der Waals surface area (Å²) in [5.74, 6) is 0. The molecule has 2 aromatic rings. The van der Waals surface area contributed by atoms with Gasteiger partial charge in [0, 0.05) is 0 Å². The van der Waals surface area contributed by atoms with E-state index in [4.69, 9.17) is 11.6 Å². The number of aromatic nitrogens is 1. The van der Waals surface area contributed by atoms with Crippen molar-refractivity contribution in [3.63, 3.8) is 0 Å². The van der Waals surface area contributed by atoms with Gasteiger partial charge in [-0.25, -0.2) is 4.98 Å². The first-order valence-electron chi connectivity index (χ1n) is 3.39. The lowest BCUT2D eigenvalue weighted by Crippen LogP contribution is -1.75. The van der Waals surface area contributed by atoms with Crippen LogP contribution in [0.5, 0.6) is 0 Å². The van der Waals surface area contributed by atoms with E-state index in [1.165, 1.54) is 0 Å². The number of hydrogen-bond acceptors (Lipinski definition) is 2. The number of halogens is 2. The minimum Gasteiger partial charge on any atom is -0.229 e. The molecule has 0 bridgehead atoms. The predicted molar refractivity (Wildman–Crippen MR) is 57.1 cm³/mol. The molecule has 0 unspecified atom stereocenters. The molecule has 0 saturated carbocycles. The molecular formula is C8H5BrClNS. The molecule has 0 aliphatic carbocycles. The van der Waals surface area contributed by atoms with Crippen molar-refractivity contribution in [3.8, 4) is 0 Å². The van der Waals surface area contributed by atoms with Crippen molar-refractivity contribution in [2.45, 2.75) is 6.92 Å². The largest absolute Gasteiger partial charge is 0.229 e. The zero-order chi connectivity index (χ0) is 8.72. The van der Waals surface area contributed by atoms with E-state index in [9.17, 15) is 0 Å². The van der Waals surface area contributed by atoms with E-state index in [2.05, 4.69) is 20.9 Å². The van der Waals surface area contributed by atoms with Crippen molar-refractivity contribution >= 4 is 49.1 Å². The van der Waals surface area contributed by atoms with Gasteiger partial charge in [0.15, 0.2) is 3.92 Å². The molecule has 0 aliphatic heterocycles. The zero-order valence-electron chi connectivity index (χ0n) is 6.27. The third kappa shape index (κ3) is 1.26. The molecule has 4 heteroatoms. The molecule has 0 spiro atoms. The first-order chi connectivity index (χ1) is 5.68. The third-order valence-corrected chi connectivity index (χ3v) is 3.64. The summed E-state index contributed by atoms with van der Waals surface area (Å²) in [4.78, 5) is 4.32. The molecule has 2 rings (SSSR count). The van der Waals surface area contributed by atoms with E-state index in [0.29, 0.717) is 0 Å². The summed E-state index contributed by atoms with van der Waals surface area (Å²) >= 11 is 10.9. The molecule has 1 heterocycles. The molecule has 1 aromatic carbocycles. The number of benzene rings is 1. The fourth-order valence-corrected chi connectivity index (χ4v) is 2.78. The molecule has 0 aliphatic rings. The Morgan fingerprint density at radius 1 is 1.50 bits per heavy atom. The average molecular weight is 263 g/mol. The maximum Gasteiger partial charge on any atom is 0.160 e. The fraction of sp³-hybridized carbons (Fsp3) is 0.125. The fourth-order valence-electron chi connectivity index (χ4n) is 1.08. The van der Waals surface area contributed by atoms with Gasteiger partial charge in [-0.15, -0.1) is 11.3 Å². The maximum atomic E-state index is 5.99. The Morgan fingerprint density at radius 3 is 2.92 bits per heavy atom. The molecule has 0 saturated heterocycles. The predicted octanol–water partition coefficient (Wildman–Crippen LogP) is 4.02. The summed E-state index contributed by atoms with van der Waals surface area (Å²) in [5, 5.41) is 0.777. The topological polar surface area (TPSA) is 12.9 Å². The first kappa shape index (κ1) is 8.48. The Labute approximate surface area is 87.5 Å². The van der Waals surface area contributed by atoms with E-state index < -0.39 is 0 Å². The summed E-state index contributed by atoms with van der Waals surface area (Å²) in [6, 6.07) is 3.89. The number of rotatable bonds is 0. The van der Waals surface area contributed by atoms with Crippen LogP contribution >= 0.6 is 38.9 Å². The van der Waals surface area contributed by atoms with E-state index in [0.717, 1.165) is 24.7 Å². The van der Waals surface area contributed by atoms with Gasteiger partial charge in [-0.2, -0.15) is 0 Å². The van der Waals surface area contributed by atoms with Crippen molar-refractivity contribution in [2.24, 2.45) is 0 Å². The monoisotopic (exact) mass is 261 g/mol. The van der Waals surface area contributed by atoms with Gasteiger partial charge in [0.05, 0.1) is 15.2 Å². The van der Waals surface area contributed by atoms with E-state index in [1.807, 2.05) is 19.1 Å². The Bertz CT molecular complexity index is 399. The number of aryl methyl sites for hydroxylation is 1. The van der Waals surface area contributed by atoms with Gasteiger partial charge < -0.3 is 0 Å². The van der Waals surface area contributed by atoms with Gasteiger partial charge in [-0.05, 0) is 34.5 Å². The Hall–Kier alpha value is -0.120. The van der Waals surface area contributed by atoms with Crippen LogP contribution in [0.1, 0.15) is 5.56 Å². The molecule has 1 aromatic heterocycles. The van der Waals surface area contributed by atoms with Gasteiger partial charge in [0.25, 0.3) is 0 Å². The zero-order valence-corrected chi connectivity index (χ0v) is 9.42. The molecule has 1 nitrogen and oxygen atoms in total. The highest BCUT2D eigenvalue weighted by Crippen LogP contribution is 2.33. The minimum atomic E-state index is 0.777. The minimum absolute atomic E-state index is 0.777. The molecule has 0 radical (unpaired) electrons. The molecule has 0 amide bonds. The molecule has 0 atom stereocenters. The maximum absolute atomic E-state index is 5.99. The summed E-state index contributed by atoms with van der Waals surface area (Å²) in [6.45, 7) is 2.03. The van der Waals surface area contributed by atoms with Gasteiger partial charge in [-0.1, -0.05) is 17.7 Å². The van der Waals surface area contributed by atoms with Gasteiger partial charge >= 0.3 is 0 Å². The van der Waals surface area contributed by atoms with Crippen LogP contribution in [0.25, 0.3) is 10.2 Å². The summed E-state index contributed by atoms with van der Waals surface area (Å²) < 4.78 is 1.94. The van der Waals surface area contributed by atoms with Crippen LogP contribution < -0.4 is 0 Å². The van der Waals surface area contributed by atoms with Gasteiger partial charge in [-0.3, -0.25) is 0 Å². The molecule has 12 heavy (non-hydrogen) atoms. The van der Waals surface area contributed by atoms with Gasteiger partial charge in [0.1, 0.15) is 0 Å². The Kier molecular flexibility index (Phi) is 2.10. The first-order valence-corrected chi connectivity index (χ1v) is 5.38. The van der Waals surface area contributed by atoms with Crippen LogP contribution in [0, 0.1) is 6.92 Å². The SMILES string of the molecule is Cc1ccc(Cl)c2sc(Br)nc12. The lowest BCUT2D eigenvalue weighted by molar-refractivity contribution is 1.40. The van der Waals surface area contributed by atoms with Crippen molar-refractivity contribution in [2.75, 3.05) is 0 Å². The number of hydrogen-bond donors (Lipinski definition) is 0. The van der Waals surface area contributed by atoms with Crippen molar-refractivity contribution in [1.29, 1.82) is 0 Å². The van der Waals surface area contributed by atoms with E-state index >= 15 is 0 Å². The second-order valence-corrected chi connectivity index (χ2v) is 5.19. The number of thiazole rings is 1. The molecule has 0 N–H and O–H groups in total. The highest BCUT2D eigenvalue weighted by atomic mass is 79.9. The summed E-state index contributed by atoms with van der Waals surface area (Å²) in [6.07, 6.45) is 0. The number of nitrogens with zero attached hydrogens (tertiary/aromatic N) is 1. The van der Waals surface area contributed by atoms with Crippen molar-refractivity contribution in [1.82, 2.24) is 4.98 Å². The van der Waals surface area contributed by atoms with Gasteiger partial charge in [0.2, 0.25) is 0 Å². The standard InChI is InChI=1S/C8H5BrClNS/c1-4-2-3-5(10)7-6(4)11-8(9)12-7/h2-3H,1H3. The molecule has 0 fully saturated rings. The second kappa shape index (κ2) is 2.98. The number of fused-ring (bicyclic) bond motifs is 1. The van der Waals surface area contributed by atoms with E-state index in [1.54, 1.807) is 11.3 Å². The normalized spacial score (nSPS) is 10.9. The summed E-state index contributed by atoms with van der Waals surface area (Å²) in [7, 11) is 0. The van der Waals surface area contributed by atoms with Crippen molar-refractivity contribution in [3.05, 3.63) is 26.6 Å². The molecular weight excluding hydrogens is 258 g/mol. The van der Waals surface area contributed by atoms with Crippen LogP contribution in [0.15, 0.2) is 16.0 Å². The van der Waals surface area contributed by atoms with Crippen LogP contribution in [0.3, 0.4) is 0 Å². The highest BCUT2D eigenvalue weighted by molar-refractivity contribution is 9.11. The lowest BCUT2D eigenvalue weighted by Gasteiger charge is -1.94.